The Hall–Kier alpha value is -1.51. The summed E-state index contributed by atoms with van der Waals surface area (Å²) in [5.74, 6) is 0. The summed E-state index contributed by atoms with van der Waals surface area (Å²) in [7, 11) is -3.79. The van der Waals surface area contributed by atoms with Crippen LogP contribution in [-0.4, -0.2) is 32.1 Å². The molecule has 1 aliphatic rings. The fraction of sp³-hybridized carbons (Fsp3) is 0.500. The van der Waals surface area contributed by atoms with Gasteiger partial charge in [0.25, 0.3) is 5.69 Å². The van der Waals surface area contributed by atoms with Crippen LogP contribution in [0.5, 0.6) is 0 Å². The predicted octanol–water partition coefficient (Wildman–Crippen LogP) is 1.44. The molecule has 0 bridgehead atoms. The third-order valence-corrected chi connectivity index (χ3v) is 4.76. The average molecular weight is 300 g/mol. The van der Waals surface area contributed by atoms with E-state index in [2.05, 4.69) is 4.72 Å². The molecular weight excluding hydrogens is 284 g/mol. The second-order valence-electron chi connectivity index (χ2n) is 4.72. The molecule has 1 saturated heterocycles. The summed E-state index contributed by atoms with van der Waals surface area (Å²) >= 11 is 0. The van der Waals surface area contributed by atoms with Crippen molar-refractivity contribution in [2.45, 2.75) is 36.8 Å². The fourth-order valence-electron chi connectivity index (χ4n) is 2.15. The lowest BCUT2D eigenvalue weighted by Gasteiger charge is -2.19. The Morgan fingerprint density at radius 2 is 2.25 bits per heavy atom. The molecule has 0 amide bonds. The van der Waals surface area contributed by atoms with Crippen LogP contribution in [-0.2, 0) is 14.8 Å². The lowest BCUT2D eigenvalue weighted by molar-refractivity contribution is -0.385. The van der Waals surface area contributed by atoms with Crippen molar-refractivity contribution in [3.8, 4) is 0 Å². The van der Waals surface area contributed by atoms with Gasteiger partial charge in [-0.25, -0.2) is 13.1 Å². The molecule has 2 rings (SSSR count). The number of nitro groups is 1. The molecule has 1 N–H and O–H groups in total. The van der Waals surface area contributed by atoms with E-state index in [4.69, 9.17) is 4.74 Å². The minimum atomic E-state index is -3.79. The highest BCUT2D eigenvalue weighted by Crippen LogP contribution is 2.20. The average Bonchev–Trinajstić information content (AvgIpc) is 2.92. The number of hydrogen-bond donors (Lipinski definition) is 1. The molecule has 0 spiro atoms. The van der Waals surface area contributed by atoms with Gasteiger partial charge in [-0.1, -0.05) is 6.07 Å². The van der Waals surface area contributed by atoms with E-state index in [1.165, 1.54) is 18.2 Å². The normalized spacial score (nSPS) is 20.8. The SMILES string of the molecule is CC(NS(=O)(=O)c1cccc([N+](=O)[O-])c1)C1CCCO1. The van der Waals surface area contributed by atoms with E-state index in [9.17, 15) is 18.5 Å². The third-order valence-electron chi connectivity index (χ3n) is 3.20. The van der Waals surface area contributed by atoms with Crippen molar-refractivity contribution in [2.75, 3.05) is 6.61 Å². The number of nitro benzene ring substituents is 1. The van der Waals surface area contributed by atoms with E-state index in [0.717, 1.165) is 18.9 Å². The summed E-state index contributed by atoms with van der Waals surface area (Å²) in [6, 6.07) is 4.61. The molecule has 1 fully saturated rings. The van der Waals surface area contributed by atoms with E-state index in [1.807, 2.05) is 0 Å². The maximum absolute atomic E-state index is 12.2. The van der Waals surface area contributed by atoms with Crippen LogP contribution in [0.4, 0.5) is 5.69 Å². The maximum Gasteiger partial charge on any atom is 0.270 e. The summed E-state index contributed by atoms with van der Waals surface area (Å²) in [4.78, 5) is 9.94. The van der Waals surface area contributed by atoms with Crippen molar-refractivity contribution >= 4 is 15.7 Å². The van der Waals surface area contributed by atoms with Gasteiger partial charge in [0.05, 0.1) is 15.9 Å². The predicted molar refractivity (Wildman–Crippen MR) is 71.9 cm³/mol. The lowest BCUT2D eigenvalue weighted by Crippen LogP contribution is -2.40. The van der Waals surface area contributed by atoms with Crippen LogP contribution in [0.3, 0.4) is 0 Å². The van der Waals surface area contributed by atoms with Crippen LogP contribution < -0.4 is 4.72 Å². The Kier molecular flexibility index (Phi) is 4.36. The quantitative estimate of drug-likeness (QED) is 0.655. The minimum absolute atomic E-state index is 0.114. The van der Waals surface area contributed by atoms with E-state index in [0.29, 0.717) is 6.61 Å². The Balaban J connectivity index is 2.17. The van der Waals surface area contributed by atoms with Gasteiger partial charge in [-0.15, -0.1) is 0 Å². The first-order valence-corrected chi connectivity index (χ1v) is 7.77. The van der Waals surface area contributed by atoms with Gasteiger partial charge in [-0.2, -0.15) is 0 Å². The Labute approximate surface area is 117 Å². The van der Waals surface area contributed by atoms with E-state index in [1.54, 1.807) is 6.92 Å². The van der Waals surface area contributed by atoms with Gasteiger partial charge in [-0.05, 0) is 25.8 Å². The molecule has 8 heteroatoms. The number of hydrogen-bond acceptors (Lipinski definition) is 5. The zero-order valence-electron chi connectivity index (χ0n) is 11.0. The highest BCUT2D eigenvalue weighted by atomic mass is 32.2. The molecule has 110 valence electrons. The van der Waals surface area contributed by atoms with Crippen LogP contribution in [0.25, 0.3) is 0 Å². The van der Waals surface area contributed by atoms with Crippen LogP contribution >= 0.6 is 0 Å². The highest BCUT2D eigenvalue weighted by Gasteiger charge is 2.27. The summed E-state index contributed by atoms with van der Waals surface area (Å²) in [5, 5.41) is 10.7. The van der Waals surface area contributed by atoms with Crippen molar-refractivity contribution in [3.63, 3.8) is 0 Å². The first-order valence-electron chi connectivity index (χ1n) is 6.28. The largest absolute Gasteiger partial charge is 0.377 e. The number of rotatable bonds is 5. The van der Waals surface area contributed by atoms with Crippen molar-refractivity contribution in [2.24, 2.45) is 0 Å². The Morgan fingerprint density at radius 1 is 1.50 bits per heavy atom. The molecule has 20 heavy (non-hydrogen) atoms. The summed E-state index contributed by atoms with van der Waals surface area (Å²) in [5.41, 5.74) is -0.252. The molecule has 1 aromatic rings. The van der Waals surface area contributed by atoms with E-state index >= 15 is 0 Å². The smallest absolute Gasteiger partial charge is 0.270 e. The van der Waals surface area contributed by atoms with Crippen molar-refractivity contribution in [1.29, 1.82) is 0 Å². The molecule has 1 aromatic carbocycles. The number of nitrogens with one attached hydrogen (secondary N) is 1. The van der Waals surface area contributed by atoms with Gasteiger partial charge in [0.2, 0.25) is 10.0 Å². The second-order valence-corrected chi connectivity index (χ2v) is 6.43. The Bertz CT molecular complexity index is 596. The van der Waals surface area contributed by atoms with Gasteiger partial charge in [0.15, 0.2) is 0 Å². The Morgan fingerprint density at radius 3 is 2.85 bits per heavy atom. The number of sulfonamides is 1. The van der Waals surface area contributed by atoms with Gasteiger partial charge < -0.3 is 4.74 Å². The van der Waals surface area contributed by atoms with Gasteiger partial charge in [-0.3, -0.25) is 10.1 Å². The first-order chi connectivity index (χ1) is 9.40. The first kappa shape index (κ1) is 14.9. The van der Waals surface area contributed by atoms with Crippen LogP contribution in [0.15, 0.2) is 29.2 Å². The van der Waals surface area contributed by atoms with Gasteiger partial charge in [0.1, 0.15) is 0 Å². The van der Waals surface area contributed by atoms with Crippen molar-refractivity contribution < 1.29 is 18.1 Å². The van der Waals surface area contributed by atoms with Crippen LogP contribution in [0.1, 0.15) is 19.8 Å². The minimum Gasteiger partial charge on any atom is -0.377 e. The molecule has 0 saturated carbocycles. The monoisotopic (exact) mass is 300 g/mol. The third kappa shape index (κ3) is 3.33. The molecule has 1 heterocycles. The molecule has 2 unspecified atom stereocenters. The molecule has 0 radical (unpaired) electrons. The van der Waals surface area contributed by atoms with Crippen LogP contribution in [0, 0.1) is 10.1 Å². The molecule has 1 aliphatic heterocycles. The molecular formula is C12H16N2O5S. The molecule has 0 aromatic heterocycles. The van der Waals surface area contributed by atoms with Crippen LogP contribution in [0.2, 0.25) is 0 Å². The standard InChI is InChI=1S/C12H16N2O5S/c1-9(12-6-3-7-19-12)13-20(17,18)11-5-2-4-10(8-11)14(15)16/h2,4-5,8-9,12-13H,3,6-7H2,1H3. The zero-order chi connectivity index (χ0) is 14.8. The van der Waals surface area contributed by atoms with E-state index in [-0.39, 0.29) is 22.7 Å². The number of ether oxygens (including phenoxy) is 1. The van der Waals surface area contributed by atoms with Crippen molar-refractivity contribution in [3.05, 3.63) is 34.4 Å². The molecule has 0 aliphatic carbocycles. The number of nitrogens with zero attached hydrogens (tertiary/aromatic N) is 1. The molecule has 7 nitrogen and oxygen atoms in total. The van der Waals surface area contributed by atoms with Gasteiger partial charge >= 0.3 is 0 Å². The molecule has 2 atom stereocenters. The lowest BCUT2D eigenvalue weighted by atomic mass is 10.1. The summed E-state index contributed by atoms with van der Waals surface area (Å²) in [6.07, 6.45) is 1.56. The summed E-state index contributed by atoms with van der Waals surface area (Å²) in [6.45, 7) is 2.36. The number of non-ortho nitro benzene ring substituents is 1. The van der Waals surface area contributed by atoms with E-state index < -0.39 is 14.9 Å². The maximum atomic E-state index is 12.2. The highest BCUT2D eigenvalue weighted by molar-refractivity contribution is 7.89. The van der Waals surface area contributed by atoms with Gasteiger partial charge in [0, 0.05) is 24.8 Å². The zero-order valence-corrected chi connectivity index (χ0v) is 11.8. The fourth-order valence-corrected chi connectivity index (χ4v) is 3.46. The number of benzene rings is 1. The summed E-state index contributed by atoms with van der Waals surface area (Å²) < 4.78 is 32.3. The second kappa shape index (κ2) is 5.86. The topological polar surface area (TPSA) is 98.5 Å². The van der Waals surface area contributed by atoms with Crippen molar-refractivity contribution in [1.82, 2.24) is 4.72 Å².